The Balaban J connectivity index is 0.934. The van der Waals surface area contributed by atoms with Crippen molar-refractivity contribution in [2.24, 2.45) is 28.9 Å². The van der Waals surface area contributed by atoms with E-state index in [1.54, 1.807) is 0 Å². The Morgan fingerprint density at radius 3 is 1.76 bits per heavy atom. The van der Waals surface area contributed by atoms with Crippen LogP contribution in [0.5, 0.6) is 69.0 Å². The minimum atomic E-state index is -2.15. The lowest BCUT2D eigenvalue weighted by Crippen LogP contribution is -2.56. The number of hydrogen-bond donors (Lipinski definition) is 15. The lowest BCUT2D eigenvalue weighted by Gasteiger charge is -2.57. The number of phenols is 6. The molecule has 4 fully saturated rings. The number of fused-ring (bicyclic) bond motifs is 14. The molecular formula is C69H62Cl2N8O17. The van der Waals surface area contributed by atoms with E-state index in [0.717, 1.165) is 81.0 Å². The van der Waals surface area contributed by atoms with Crippen LogP contribution in [0.15, 0.2) is 115 Å². The van der Waals surface area contributed by atoms with Gasteiger partial charge in [0.1, 0.15) is 88.6 Å². The van der Waals surface area contributed by atoms with Crippen LogP contribution in [0.1, 0.15) is 114 Å². The zero-order chi connectivity index (χ0) is 67.3. The number of nitrogens with two attached hydrogens (primary N) is 1. The molecule has 4 saturated carbocycles. The van der Waals surface area contributed by atoms with Gasteiger partial charge in [0.15, 0.2) is 23.0 Å². The average Bonchev–Trinajstić information content (AvgIpc) is 0.768. The molecule has 0 spiro atoms. The molecule has 27 heteroatoms. The third kappa shape index (κ3) is 11.9. The number of halogens is 2. The fraction of sp³-hybridized carbons (Fsp3) is 0.290. The number of amides is 7. The van der Waals surface area contributed by atoms with Crippen LogP contribution in [-0.4, -0.2) is 95.7 Å². The molecular weight excluding hydrogens is 1280 g/mol. The molecule has 0 saturated heterocycles. The minimum absolute atomic E-state index is 0.111. The number of aromatic hydroxyl groups is 6. The van der Waals surface area contributed by atoms with Gasteiger partial charge in [0.2, 0.25) is 47.1 Å². The fourth-order valence-corrected chi connectivity index (χ4v) is 15.6. The highest BCUT2D eigenvalue weighted by molar-refractivity contribution is 6.32. The van der Waals surface area contributed by atoms with Gasteiger partial charge in [0, 0.05) is 36.2 Å². The quantitative estimate of drug-likeness (QED) is 0.0829. The number of phenolic OH excluding ortho intramolecular Hbond substituents is 6. The number of aliphatic hydroxyl groups is 1. The highest BCUT2D eigenvalue weighted by Gasteiger charge is 2.51. The molecule has 17 rings (SSSR count). The van der Waals surface area contributed by atoms with Crippen molar-refractivity contribution in [3.05, 3.63) is 164 Å². The second kappa shape index (κ2) is 24.4. The van der Waals surface area contributed by atoms with E-state index in [0.29, 0.717) is 23.3 Å². The van der Waals surface area contributed by atoms with Crippen molar-refractivity contribution in [2.75, 3.05) is 6.54 Å². The number of hydrogen-bond acceptors (Lipinski definition) is 18. The van der Waals surface area contributed by atoms with E-state index >= 15 is 28.8 Å². The van der Waals surface area contributed by atoms with E-state index in [9.17, 15) is 40.5 Å². The summed E-state index contributed by atoms with van der Waals surface area (Å²) >= 11 is 13.9. The number of carbonyl (C=O) groups excluding carboxylic acids is 7. The molecule has 494 valence electrons. The van der Waals surface area contributed by atoms with Crippen LogP contribution in [0.25, 0.3) is 11.1 Å². The molecule has 21 bridgehead atoms. The van der Waals surface area contributed by atoms with Gasteiger partial charge < -0.3 is 92.9 Å². The molecule has 7 aromatic carbocycles. The number of ether oxygens (including phenoxy) is 3. The van der Waals surface area contributed by atoms with Crippen LogP contribution < -0.4 is 57.2 Å². The zero-order valence-corrected chi connectivity index (χ0v) is 52.0. The van der Waals surface area contributed by atoms with Crippen LogP contribution in [0, 0.1) is 23.2 Å². The molecule has 8 atom stereocenters. The normalized spacial score (nSPS) is 26.6. The first-order valence-corrected chi connectivity index (χ1v) is 31.7. The molecule has 7 aromatic rings. The van der Waals surface area contributed by atoms with Gasteiger partial charge in [0.25, 0.3) is 0 Å². The number of aliphatic hydroxyl groups excluding tert-OH is 1. The van der Waals surface area contributed by atoms with Crippen molar-refractivity contribution in [3.63, 3.8) is 0 Å². The van der Waals surface area contributed by atoms with Gasteiger partial charge in [-0.05, 0) is 180 Å². The van der Waals surface area contributed by atoms with Crippen molar-refractivity contribution >= 4 is 64.6 Å². The van der Waals surface area contributed by atoms with Gasteiger partial charge in [-0.3, -0.25) is 33.6 Å². The lowest BCUT2D eigenvalue weighted by atomic mass is 9.49. The average molecular weight is 1350 g/mol. The molecule has 0 aromatic heterocycles. The van der Waals surface area contributed by atoms with Crippen LogP contribution in [0.2, 0.25) is 10.0 Å². The lowest BCUT2D eigenvalue weighted by molar-refractivity contribution is -0.137. The molecule has 96 heavy (non-hydrogen) atoms. The Morgan fingerprint density at radius 2 is 1.09 bits per heavy atom. The number of rotatable bonds is 3. The van der Waals surface area contributed by atoms with Gasteiger partial charge in [-0.15, -0.1) is 0 Å². The van der Waals surface area contributed by atoms with Crippen molar-refractivity contribution in [1.29, 1.82) is 0 Å². The summed E-state index contributed by atoms with van der Waals surface area (Å²) in [4.78, 5) is 107. The van der Waals surface area contributed by atoms with Crippen LogP contribution in [0.4, 0.5) is 0 Å². The molecule has 10 aliphatic rings. The van der Waals surface area contributed by atoms with Crippen molar-refractivity contribution in [3.8, 4) is 80.1 Å². The molecule has 25 nitrogen and oxygen atoms in total. The minimum Gasteiger partial charge on any atom is -0.508 e. The van der Waals surface area contributed by atoms with Crippen LogP contribution >= 0.6 is 23.2 Å². The Hall–Kier alpha value is -10.5. The fourth-order valence-electron chi connectivity index (χ4n) is 15.1. The van der Waals surface area contributed by atoms with Gasteiger partial charge in [-0.25, -0.2) is 0 Å². The standard InChI is InChI=1S/C69H62Cl2N8O17/c70-42-12-28-1-7-48(42)95-51-19-36-20-52(61(51)86)96-49-8-4-34(17-43(49)71)60(85)59-68(93)78-58(64(89)73-27-69-24-29-9-30(25-69)11-31(10-29)26-69)41-22-38(81)23-47(84)53(41)40-16-33(3-5-45(40)82)55(65(90)79-59)76-67(92)57(36)77-66(91)56-35-14-37(80)21-39(15-35)94-50-18-32(2-6-46(50)83)54(72)63(88)74-44(13-28)62(87)75-56/h1-8,12,14-23,29-31,44,54-60,80-86H,9-11,13,24-27,72H2,(H,73,89)(H,74,88)(H,75,87)(H,76,92)(H,77,91)(H,78,93)(H,79,90)/t29?,30?,31?,44-,54-,55-,56+,57-,58+,59+,60-,69?/m1/s1. The molecule has 0 radical (unpaired) electrons. The zero-order valence-electron chi connectivity index (χ0n) is 50.5. The van der Waals surface area contributed by atoms with Gasteiger partial charge in [0.05, 0.1) is 10.0 Å². The largest absolute Gasteiger partial charge is 0.508 e. The summed E-state index contributed by atoms with van der Waals surface area (Å²) in [5, 5.41) is 101. The summed E-state index contributed by atoms with van der Waals surface area (Å²) in [5.41, 5.74) is 5.02. The van der Waals surface area contributed by atoms with E-state index in [-0.39, 0.29) is 95.9 Å². The van der Waals surface area contributed by atoms with E-state index in [4.69, 9.17) is 43.1 Å². The summed E-state index contributed by atoms with van der Waals surface area (Å²) < 4.78 is 18.6. The topological polar surface area (TPSA) is 399 Å². The first kappa shape index (κ1) is 63.0. The van der Waals surface area contributed by atoms with Crippen LogP contribution in [0.3, 0.4) is 0 Å². The van der Waals surface area contributed by atoms with Crippen molar-refractivity contribution in [1.82, 2.24) is 37.2 Å². The Kier molecular flexibility index (Phi) is 16.0. The predicted octanol–water partition coefficient (Wildman–Crippen LogP) is 7.23. The van der Waals surface area contributed by atoms with E-state index in [1.165, 1.54) is 72.8 Å². The number of carbonyl (C=O) groups is 7. The summed E-state index contributed by atoms with van der Waals surface area (Å²) in [7, 11) is 0. The monoisotopic (exact) mass is 1340 g/mol. The van der Waals surface area contributed by atoms with Gasteiger partial charge >= 0.3 is 0 Å². The summed E-state index contributed by atoms with van der Waals surface area (Å²) in [6, 6.07) is 9.87. The van der Waals surface area contributed by atoms with E-state index in [2.05, 4.69) is 37.2 Å². The first-order valence-electron chi connectivity index (χ1n) is 31.0. The molecule has 6 heterocycles. The predicted molar refractivity (Wildman–Crippen MR) is 341 cm³/mol. The highest BCUT2D eigenvalue weighted by Crippen LogP contribution is 2.60. The Bertz CT molecular complexity index is 4440. The second-order valence-corrected chi connectivity index (χ2v) is 26.7. The second-order valence-electron chi connectivity index (χ2n) is 25.9. The van der Waals surface area contributed by atoms with E-state index in [1.807, 2.05) is 0 Å². The maximum atomic E-state index is 16.0. The van der Waals surface area contributed by atoms with Gasteiger partial charge in [-0.1, -0.05) is 47.5 Å². The van der Waals surface area contributed by atoms with Crippen molar-refractivity contribution < 1.29 is 83.5 Å². The highest BCUT2D eigenvalue weighted by atomic mass is 35.5. The molecule has 0 unspecified atom stereocenters. The molecule has 16 N–H and O–H groups in total. The van der Waals surface area contributed by atoms with Crippen LogP contribution in [-0.2, 0) is 40.0 Å². The SMILES string of the molecule is N[C@H]1C(=O)N[C@@H]2Cc3ccc(c(Cl)c3)Oc3cc4cc(c3O)Oc3ccc(cc3Cl)[C@@H](O)[C@@H]3NC(=O)[C@H](NC(=O)[C@@H]4NC(=O)[C@@H](NC2=O)c2cc(O)cc(c2)Oc2cc1ccc2O)c1ccc(O)c(c1)-c1c(O)cc(O)cc1[C@@H](C(=O)NCC12CC4CC(CC(C4)C1)C2)NC3=O. The maximum Gasteiger partial charge on any atom is 0.248 e. The van der Waals surface area contributed by atoms with Crippen molar-refractivity contribution in [2.45, 2.75) is 93.3 Å². The maximum absolute atomic E-state index is 16.0. The Labute approximate surface area is 555 Å². The Morgan fingerprint density at radius 1 is 0.521 bits per heavy atom. The third-order valence-corrected chi connectivity index (χ3v) is 19.9. The number of benzene rings is 7. The summed E-state index contributed by atoms with van der Waals surface area (Å²) in [6.07, 6.45) is 3.60. The summed E-state index contributed by atoms with van der Waals surface area (Å²) in [6.45, 7) is 0.219. The molecule has 7 amide bonds. The smallest absolute Gasteiger partial charge is 0.248 e. The third-order valence-electron chi connectivity index (χ3n) is 19.3. The first-order chi connectivity index (χ1) is 45.9. The molecule has 4 aliphatic carbocycles. The number of nitrogens with one attached hydrogen (secondary N) is 7. The van der Waals surface area contributed by atoms with Gasteiger partial charge in [-0.2, -0.15) is 0 Å². The summed E-state index contributed by atoms with van der Waals surface area (Å²) in [5.74, 6) is -11.5. The molecule has 6 aliphatic heterocycles. The van der Waals surface area contributed by atoms with E-state index < -0.39 is 136 Å².